The van der Waals surface area contributed by atoms with Crippen molar-refractivity contribution in [3.05, 3.63) is 70.0 Å². The van der Waals surface area contributed by atoms with Gasteiger partial charge in [-0.2, -0.15) is 0 Å². The Morgan fingerprint density at radius 3 is 2.59 bits per heavy atom. The molecular weight excluding hydrogens is 412 g/mol. The predicted octanol–water partition coefficient (Wildman–Crippen LogP) is 6.47. The van der Waals surface area contributed by atoms with E-state index < -0.39 is 0 Å². The second-order valence-electron chi connectivity index (χ2n) is 7.06. The summed E-state index contributed by atoms with van der Waals surface area (Å²) in [5.74, 6) is 0.835. The molecule has 3 rings (SSSR count). The van der Waals surface area contributed by atoms with Crippen LogP contribution in [0.5, 0.6) is 11.5 Å². The van der Waals surface area contributed by atoms with Crippen LogP contribution in [-0.2, 0) is 13.2 Å². The van der Waals surface area contributed by atoms with E-state index in [9.17, 15) is 4.39 Å². The number of methoxy groups -OCH3 is 1. The predicted molar refractivity (Wildman–Crippen MR) is 119 cm³/mol. The Labute approximate surface area is 183 Å². The van der Waals surface area contributed by atoms with Crippen molar-refractivity contribution in [3.8, 4) is 11.5 Å². The number of rotatable bonds is 9. The molecule has 29 heavy (non-hydrogen) atoms. The molecular formula is C23H28Cl2FNO2. The van der Waals surface area contributed by atoms with E-state index in [1.54, 1.807) is 24.8 Å². The van der Waals surface area contributed by atoms with Gasteiger partial charge in [0.2, 0.25) is 0 Å². The van der Waals surface area contributed by atoms with Crippen LogP contribution in [0.1, 0.15) is 43.2 Å². The molecule has 0 aliphatic heterocycles. The number of halogens is 3. The molecule has 0 atom stereocenters. The highest BCUT2D eigenvalue weighted by molar-refractivity contribution is 6.32. The molecule has 0 saturated carbocycles. The normalized spacial score (nSPS) is 13.4. The van der Waals surface area contributed by atoms with Crippen LogP contribution >= 0.6 is 24.0 Å². The van der Waals surface area contributed by atoms with Gasteiger partial charge in [-0.3, -0.25) is 0 Å². The molecule has 158 valence electrons. The number of hydrogen-bond donors (Lipinski definition) is 1. The van der Waals surface area contributed by atoms with Crippen molar-refractivity contribution in [2.75, 3.05) is 13.7 Å². The maximum absolute atomic E-state index is 13.0. The summed E-state index contributed by atoms with van der Waals surface area (Å²) in [7, 11) is 1.60. The Hall–Kier alpha value is -1.75. The minimum atomic E-state index is -0.268. The third-order valence-electron chi connectivity index (χ3n) is 4.92. The van der Waals surface area contributed by atoms with Crippen LogP contribution in [0, 0.1) is 5.82 Å². The molecule has 0 amide bonds. The second-order valence-corrected chi connectivity index (χ2v) is 7.47. The zero-order valence-corrected chi connectivity index (χ0v) is 18.3. The van der Waals surface area contributed by atoms with Gasteiger partial charge >= 0.3 is 0 Å². The summed E-state index contributed by atoms with van der Waals surface area (Å²) in [4.78, 5) is 0. The fourth-order valence-electron chi connectivity index (χ4n) is 3.36. The van der Waals surface area contributed by atoms with E-state index in [4.69, 9.17) is 21.1 Å². The van der Waals surface area contributed by atoms with E-state index in [0.29, 0.717) is 23.1 Å². The highest BCUT2D eigenvalue weighted by Gasteiger charge is 2.13. The molecule has 6 heteroatoms. The average molecular weight is 440 g/mol. The topological polar surface area (TPSA) is 30.5 Å². The first-order valence-electron chi connectivity index (χ1n) is 9.78. The number of benzene rings is 2. The van der Waals surface area contributed by atoms with Gasteiger partial charge in [-0.15, -0.1) is 12.4 Å². The summed E-state index contributed by atoms with van der Waals surface area (Å²) in [6.07, 6.45) is 8.59. The van der Waals surface area contributed by atoms with E-state index in [0.717, 1.165) is 30.6 Å². The van der Waals surface area contributed by atoms with Gasteiger partial charge in [0.05, 0.1) is 12.1 Å². The monoisotopic (exact) mass is 439 g/mol. The first-order valence-corrected chi connectivity index (χ1v) is 10.2. The minimum absolute atomic E-state index is 0. The van der Waals surface area contributed by atoms with Crippen molar-refractivity contribution < 1.29 is 13.9 Å². The van der Waals surface area contributed by atoms with E-state index in [-0.39, 0.29) is 18.2 Å². The van der Waals surface area contributed by atoms with Crippen LogP contribution in [0.2, 0.25) is 5.02 Å². The van der Waals surface area contributed by atoms with Crippen molar-refractivity contribution >= 4 is 24.0 Å². The molecule has 1 aliphatic rings. The molecule has 0 unspecified atom stereocenters. The first kappa shape index (κ1) is 23.5. The van der Waals surface area contributed by atoms with Crippen LogP contribution in [0.4, 0.5) is 4.39 Å². The fraction of sp³-hybridized carbons (Fsp3) is 0.391. The zero-order chi connectivity index (χ0) is 19.8. The number of allylic oxidation sites excluding steroid dienone is 1. The van der Waals surface area contributed by atoms with Gasteiger partial charge in [-0.05, 0) is 74.0 Å². The van der Waals surface area contributed by atoms with Crippen LogP contribution in [0.3, 0.4) is 0 Å². The molecule has 0 aromatic heterocycles. The van der Waals surface area contributed by atoms with Gasteiger partial charge in [-0.25, -0.2) is 4.39 Å². The average Bonchev–Trinajstić information content (AvgIpc) is 2.72. The second kappa shape index (κ2) is 12.1. The number of hydrogen-bond acceptors (Lipinski definition) is 3. The summed E-state index contributed by atoms with van der Waals surface area (Å²) < 4.78 is 24.3. The molecule has 0 bridgehead atoms. The van der Waals surface area contributed by atoms with Gasteiger partial charge in [0.1, 0.15) is 12.4 Å². The zero-order valence-electron chi connectivity index (χ0n) is 16.7. The Balaban J connectivity index is 0.00000300. The number of ether oxygens (including phenoxy) is 2. The summed E-state index contributed by atoms with van der Waals surface area (Å²) in [5, 5.41) is 3.99. The van der Waals surface area contributed by atoms with Gasteiger partial charge in [-0.1, -0.05) is 35.4 Å². The Morgan fingerprint density at radius 2 is 1.90 bits per heavy atom. The van der Waals surface area contributed by atoms with Gasteiger partial charge in [0.15, 0.2) is 11.5 Å². The van der Waals surface area contributed by atoms with Gasteiger partial charge < -0.3 is 14.8 Å². The molecule has 0 heterocycles. The van der Waals surface area contributed by atoms with Gasteiger partial charge in [0.25, 0.3) is 0 Å². The largest absolute Gasteiger partial charge is 0.493 e. The highest BCUT2D eigenvalue weighted by atomic mass is 35.5. The van der Waals surface area contributed by atoms with Crippen molar-refractivity contribution in [2.24, 2.45) is 0 Å². The summed E-state index contributed by atoms with van der Waals surface area (Å²) in [5.41, 5.74) is 3.48. The lowest BCUT2D eigenvalue weighted by Gasteiger charge is -2.15. The van der Waals surface area contributed by atoms with Crippen molar-refractivity contribution in [3.63, 3.8) is 0 Å². The molecule has 2 aromatic carbocycles. The summed E-state index contributed by atoms with van der Waals surface area (Å²) in [6, 6.07) is 10.0. The summed E-state index contributed by atoms with van der Waals surface area (Å²) >= 11 is 6.44. The quantitative estimate of drug-likeness (QED) is 0.358. The van der Waals surface area contributed by atoms with E-state index in [1.807, 2.05) is 12.1 Å². The minimum Gasteiger partial charge on any atom is -0.493 e. The Kier molecular flexibility index (Phi) is 9.79. The van der Waals surface area contributed by atoms with Crippen LogP contribution in [0.25, 0.3) is 0 Å². The third-order valence-corrected chi connectivity index (χ3v) is 5.20. The Morgan fingerprint density at radius 1 is 1.10 bits per heavy atom. The van der Waals surface area contributed by atoms with Crippen molar-refractivity contribution in [1.29, 1.82) is 0 Å². The highest BCUT2D eigenvalue weighted by Crippen LogP contribution is 2.37. The lowest BCUT2D eigenvalue weighted by molar-refractivity contribution is 0.284. The lowest BCUT2D eigenvalue weighted by atomic mass is 9.97. The standard InChI is InChI=1S/C23H27ClFNO2.ClH/c1-27-22-14-19(15-26-12-11-17-5-3-2-4-6-17)13-21(24)23(22)28-16-18-7-9-20(25)10-8-18;/h5,7-10,13-14,26H,2-4,6,11-12,15-16H2,1H3;1H. The van der Waals surface area contributed by atoms with E-state index >= 15 is 0 Å². The lowest BCUT2D eigenvalue weighted by Crippen LogP contribution is -2.16. The fourth-order valence-corrected chi connectivity index (χ4v) is 3.65. The third kappa shape index (κ3) is 7.22. The SMILES string of the molecule is COc1cc(CNCCC2=CCCCC2)cc(Cl)c1OCc1ccc(F)cc1.Cl. The van der Waals surface area contributed by atoms with Crippen LogP contribution in [0.15, 0.2) is 48.0 Å². The Bertz CT molecular complexity index is 809. The molecule has 0 spiro atoms. The van der Waals surface area contributed by atoms with Crippen molar-refractivity contribution in [2.45, 2.75) is 45.3 Å². The van der Waals surface area contributed by atoms with Crippen LogP contribution < -0.4 is 14.8 Å². The first-order chi connectivity index (χ1) is 13.7. The molecule has 1 aliphatic carbocycles. The van der Waals surface area contributed by atoms with E-state index in [1.165, 1.54) is 37.8 Å². The summed E-state index contributed by atoms with van der Waals surface area (Å²) in [6.45, 7) is 1.97. The number of nitrogens with one attached hydrogen (secondary N) is 1. The molecule has 0 radical (unpaired) electrons. The maximum atomic E-state index is 13.0. The maximum Gasteiger partial charge on any atom is 0.180 e. The molecule has 3 nitrogen and oxygen atoms in total. The molecule has 2 aromatic rings. The molecule has 1 N–H and O–H groups in total. The van der Waals surface area contributed by atoms with E-state index in [2.05, 4.69) is 11.4 Å². The van der Waals surface area contributed by atoms with Gasteiger partial charge in [0, 0.05) is 6.54 Å². The smallest absolute Gasteiger partial charge is 0.180 e. The molecule has 0 fully saturated rings. The van der Waals surface area contributed by atoms with Crippen LogP contribution in [-0.4, -0.2) is 13.7 Å². The van der Waals surface area contributed by atoms with Crippen molar-refractivity contribution in [1.82, 2.24) is 5.32 Å². The molecule has 0 saturated heterocycles.